The quantitative estimate of drug-likeness (QED) is 0.536. The standard InChI is InChI=1S/C30H30N6O2/c37-28-20-24(12-13-31-28)27-11-10-26(29-32-14-15-36(27)29)33-25-8-6-23(7-9-25)30(38)35-18-16-34(17-19-35)21-22-4-2-1-3-5-22/h1-13,20,33H,14-19,21H2,(H,31,37). The van der Waals surface area contributed by atoms with E-state index in [4.69, 9.17) is 4.99 Å². The van der Waals surface area contributed by atoms with Crippen LogP contribution in [0.3, 0.4) is 0 Å². The fourth-order valence-corrected chi connectivity index (χ4v) is 5.18. The number of piperazine rings is 1. The number of hydrogen-bond donors (Lipinski definition) is 2. The third kappa shape index (κ3) is 5.03. The Balaban J connectivity index is 1.09. The topological polar surface area (TPSA) is 84.0 Å². The van der Waals surface area contributed by atoms with E-state index in [1.54, 1.807) is 12.3 Å². The number of rotatable bonds is 6. The van der Waals surface area contributed by atoms with E-state index in [9.17, 15) is 9.59 Å². The zero-order chi connectivity index (χ0) is 25.9. The van der Waals surface area contributed by atoms with Crippen LogP contribution in [0.1, 0.15) is 21.5 Å². The van der Waals surface area contributed by atoms with Crippen molar-refractivity contribution >= 4 is 23.1 Å². The number of H-pyrrole nitrogens is 1. The minimum absolute atomic E-state index is 0.0737. The molecule has 8 heteroatoms. The Kier molecular flexibility index (Phi) is 6.62. The fourth-order valence-electron chi connectivity index (χ4n) is 5.18. The third-order valence-electron chi connectivity index (χ3n) is 7.17. The van der Waals surface area contributed by atoms with Gasteiger partial charge in [0.15, 0.2) is 5.84 Å². The van der Waals surface area contributed by atoms with Crippen molar-refractivity contribution in [2.24, 2.45) is 4.99 Å². The number of aliphatic imine (C=N–C) groups is 1. The third-order valence-corrected chi connectivity index (χ3v) is 7.17. The van der Waals surface area contributed by atoms with Gasteiger partial charge in [-0.05, 0) is 48.0 Å². The van der Waals surface area contributed by atoms with E-state index in [0.717, 1.165) is 67.7 Å². The van der Waals surface area contributed by atoms with Crippen LogP contribution in [0.5, 0.6) is 0 Å². The van der Waals surface area contributed by atoms with Gasteiger partial charge in [-0.1, -0.05) is 30.3 Å². The average Bonchev–Trinajstić information content (AvgIpc) is 3.45. The monoisotopic (exact) mass is 506 g/mol. The van der Waals surface area contributed by atoms with Crippen molar-refractivity contribution in [1.82, 2.24) is 19.7 Å². The number of nitrogens with zero attached hydrogens (tertiary/aromatic N) is 4. The number of fused-ring (bicyclic) bond motifs is 1. The van der Waals surface area contributed by atoms with E-state index in [2.05, 4.69) is 44.4 Å². The number of pyridine rings is 1. The van der Waals surface area contributed by atoms with Gasteiger partial charge < -0.3 is 20.1 Å². The Morgan fingerprint density at radius 1 is 0.921 bits per heavy atom. The first-order chi connectivity index (χ1) is 18.6. The van der Waals surface area contributed by atoms with Crippen molar-refractivity contribution in [3.8, 4) is 0 Å². The van der Waals surface area contributed by atoms with Crippen LogP contribution in [0.15, 0.2) is 101 Å². The second-order valence-corrected chi connectivity index (χ2v) is 9.69. The maximum Gasteiger partial charge on any atom is 0.253 e. The Labute approximate surface area is 221 Å². The molecule has 0 unspecified atom stereocenters. The van der Waals surface area contributed by atoms with Crippen LogP contribution >= 0.6 is 0 Å². The van der Waals surface area contributed by atoms with Crippen LogP contribution < -0.4 is 10.9 Å². The van der Waals surface area contributed by atoms with Crippen LogP contribution in [0, 0.1) is 0 Å². The van der Waals surface area contributed by atoms with Crippen molar-refractivity contribution in [1.29, 1.82) is 0 Å². The summed E-state index contributed by atoms with van der Waals surface area (Å²) in [7, 11) is 0. The number of carbonyl (C=O) groups excluding carboxylic acids is 1. The average molecular weight is 507 g/mol. The van der Waals surface area contributed by atoms with Crippen molar-refractivity contribution < 1.29 is 4.79 Å². The highest BCUT2D eigenvalue weighted by Gasteiger charge is 2.28. The van der Waals surface area contributed by atoms with Crippen molar-refractivity contribution in [3.05, 3.63) is 118 Å². The summed E-state index contributed by atoms with van der Waals surface area (Å²) in [5.41, 5.74) is 5.48. The molecule has 6 rings (SSSR count). The van der Waals surface area contributed by atoms with Crippen molar-refractivity contribution in [2.45, 2.75) is 6.54 Å². The molecule has 1 saturated heterocycles. The first kappa shape index (κ1) is 23.9. The van der Waals surface area contributed by atoms with Crippen molar-refractivity contribution in [2.75, 3.05) is 44.6 Å². The van der Waals surface area contributed by atoms with Gasteiger partial charge in [-0.15, -0.1) is 0 Å². The van der Waals surface area contributed by atoms with Gasteiger partial charge in [0.25, 0.3) is 5.91 Å². The lowest BCUT2D eigenvalue weighted by Crippen LogP contribution is -2.48. The van der Waals surface area contributed by atoms with Crippen LogP contribution in [0.4, 0.5) is 5.69 Å². The van der Waals surface area contributed by atoms with Gasteiger partial charge >= 0.3 is 0 Å². The van der Waals surface area contributed by atoms with Crippen LogP contribution in [-0.2, 0) is 6.54 Å². The number of allylic oxidation sites excluding steroid dienone is 2. The van der Waals surface area contributed by atoms with E-state index < -0.39 is 0 Å². The second kappa shape index (κ2) is 10.5. The summed E-state index contributed by atoms with van der Waals surface area (Å²) in [5, 5.41) is 3.45. The minimum atomic E-state index is -0.127. The molecule has 1 fully saturated rings. The SMILES string of the molecule is O=C(c1ccc(NC2=CC=C(c3cc[nH]c(=O)c3)N3CCN=C23)cc1)N1CCN(Cc2ccccc2)CC1. The largest absolute Gasteiger partial charge is 0.353 e. The minimum Gasteiger partial charge on any atom is -0.353 e. The molecule has 8 nitrogen and oxygen atoms in total. The van der Waals surface area contributed by atoms with Gasteiger partial charge in [0.05, 0.1) is 17.9 Å². The molecule has 4 heterocycles. The number of nitrogens with one attached hydrogen (secondary N) is 2. The lowest BCUT2D eigenvalue weighted by molar-refractivity contribution is 0.0628. The smallest absolute Gasteiger partial charge is 0.253 e. The molecule has 0 aliphatic carbocycles. The first-order valence-corrected chi connectivity index (χ1v) is 13.0. The predicted octanol–water partition coefficient (Wildman–Crippen LogP) is 3.40. The maximum atomic E-state index is 13.1. The molecule has 3 aliphatic heterocycles. The molecule has 0 spiro atoms. The summed E-state index contributed by atoms with van der Waals surface area (Å²) in [5.74, 6) is 0.931. The van der Waals surface area contributed by atoms with Gasteiger partial charge in [-0.2, -0.15) is 0 Å². The number of benzene rings is 2. The number of aromatic amines is 1. The molecule has 1 amide bonds. The molecule has 1 aromatic heterocycles. The maximum absolute atomic E-state index is 13.1. The zero-order valence-electron chi connectivity index (χ0n) is 21.1. The molecular formula is C30H30N6O2. The lowest BCUT2D eigenvalue weighted by atomic mass is 10.1. The number of hydrogen-bond acceptors (Lipinski definition) is 6. The first-order valence-electron chi connectivity index (χ1n) is 13.0. The summed E-state index contributed by atoms with van der Waals surface area (Å²) in [4.78, 5) is 38.8. The molecule has 0 atom stereocenters. The Morgan fingerprint density at radius 2 is 1.71 bits per heavy atom. The second-order valence-electron chi connectivity index (χ2n) is 9.69. The highest BCUT2D eigenvalue weighted by atomic mass is 16.2. The van der Waals surface area contributed by atoms with Gasteiger partial charge in [-0.3, -0.25) is 19.5 Å². The molecule has 2 aromatic carbocycles. The Morgan fingerprint density at radius 3 is 2.47 bits per heavy atom. The molecule has 0 bridgehead atoms. The number of carbonyl (C=O) groups is 1. The van der Waals surface area contributed by atoms with E-state index in [1.807, 2.05) is 53.5 Å². The summed E-state index contributed by atoms with van der Waals surface area (Å²) in [6.45, 7) is 5.59. The molecule has 0 radical (unpaired) electrons. The van der Waals surface area contributed by atoms with E-state index in [-0.39, 0.29) is 11.5 Å². The fraction of sp³-hybridized carbons (Fsp3) is 0.233. The van der Waals surface area contributed by atoms with Crippen LogP contribution in [-0.4, -0.2) is 70.7 Å². The summed E-state index contributed by atoms with van der Waals surface area (Å²) in [6, 6.07) is 21.6. The molecule has 0 saturated carbocycles. The normalized spacial score (nSPS) is 17.4. The molecule has 2 N–H and O–H groups in total. The van der Waals surface area contributed by atoms with E-state index in [0.29, 0.717) is 12.1 Å². The van der Waals surface area contributed by atoms with Crippen LogP contribution in [0.2, 0.25) is 0 Å². The molecule has 3 aliphatic rings. The summed E-state index contributed by atoms with van der Waals surface area (Å²) >= 11 is 0. The highest BCUT2D eigenvalue weighted by Crippen LogP contribution is 2.28. The highest BCUT2D eigenvalue weighted by molar-refractivity contribution is 6.08. The van der Waals surface area contributed by atoms with Crippen LogP contribution in [0.25, 0.3) is 5.70 Å². The number of anilines is 1. The number of aromatic nitrogens is 1. The van der Waals surface area contributed by atoms with Gasteiger partial charge in [-0.25, -0.2) is 0 Å². The van der Waals surface area contributed by atoms with Crippen molar-refractivity contribution in [3.63, 3.8) is 0 Å². The summed E-state index contributed by atoms with van der Waals surface area (Å²) < 4.78 is 0. The van der Waals surface area contributed by atoms with Gasteiger partial charge in [0.2, 0.25) is 5.56 Å². The Hall–Kier alpha value is -4.43. The van der Waals surface area contributed by atoms with E-state index >= 15 is 0 Å². The summed E-state index contributed by atoms with van der Waals surface area (Å²) in [6.07, 6.45) is 5.66. The molecule has 3 aromatic rings. The number of amides is 1. The number of amidine groups is 1. The molecular weight excluding hydrogens is 476 g/mol. The predicted molar refractivity (Wildman–Crippen MR) is 150 cm³/mol. The zero-order valence-corrected chi connectivity index (χ0v) is 21.1. The van der Waals surface area contributed by atoms with Gasteiger partial charge in [0.1, 0.15) is 0 Å². The lowest BCUT2D eigenvalue weighted by Gasteiger charge is -2.34. The molecule has 192 valence electrons. The Bertz CT molecular complexity index is 1460. The molecule has 38 heavy (non-hydrogen) atoms. The van der Waals surface area contributed by atoms with Gasteiger partial charge in [0, 0.05) is 68.3 Å². The van der Waals surface area contributed by atoms with E-state index in [1.165, 1.54) is 5.56 Å².